The lowest BCUT2D eigenvalue weighted by Crippen LogP contribution is -2.43. The zero-order valence-corrected chi connectivity index (χ0v) is 10.8. The van der Waals surface area contributed by atoms with Crippen molar-refractivity contribution in [2.24, 2.45) is 5.92 Å². The molecule has 0 spiro atoms. The van der Waals surface area contributed by atoms with Crippen LogP contribution in [0.5, 0.6) is 0 Å². The van der Waals surface area contributed by atoms with Crippen molar-refractivity contribution in [3.05, 3.63) is 0 Å². The van der Waals surface area contributed by atoms with Crippen molar-refractivity contribution in [2.75, 3.05) is 6.61 Å². The zero-order valence-electron chi connectivity index (χ0n) is 10.8. The van der Waals surface area contributed by atoms with Crippen molar-refractivity contribution in [2.45, 2.75) is 58.4 Å². The maximum atomic E-state index is 11.6. The zero-order chi connectivity index (χ0) is 12.7. The van der Waals surface area contributed by atoms with Crippen LogP contribution in [-0.4, -0.2) is 24.5 Å². The monoisotopic (exact) mass is 241 g/mol. The summed E-state index contributed by atoms with van der Waals surface area (Å²) < 4.78 is 5.06. The third kappa shape index (κ3) is 5.20. The molecule has 0 aromatic rings. The number of amides is 1. The third-order valence-electron chi connectivity index (χ3n) is 3.23. The van der Waals surface area contributed by atoms with E-state index in [0.717, 1.165) is 32.1 Å². The summed E-state index contributed by atoms with van der Waals surface area (Å²) in [7, 11) is 0. The second-order valence-corrected chi connectivity index (χ2v) is 4.77. The van der Waals surface area contributed by atoms with Crippen LogP contribution in [0.25, 0.3) is 0 Å². The van der Waals surface area contributed by atoms with E-state index in [1.165, 1.54) is 6.92 Å². The number of hydrogen-bond acceptors (Lipinski definition) is 3. The number of rotatable bonds is 5. The van der Waals surface area contributed by atoms with Gasteiger partial charge >= 0.3 is 5.97 Å². The fourth-order valence-electron chi connectivity index (χ4n) is 2.33. The Kier molecular flexibility index (Phi) is 6.01. The highest BCUT2D eigenvalue weighted by Crippen LogP contribution is 2.24. The van der Waals surface area contributed by atoms with Gasteiger partial charge in [-0.1, -0.05) is 19.8 Å². The van der Waals surface area contributed by atoms with Crippen molar-refractivity contribution < 1.29 is 14.3 Å². The van der Waals surface area contributed by atoms with E-state index in [9.17, 15) is 9.59 Å². The van der Waals surface area contributed by atoms with E-state index >= 15 is 0 Å². The lowest BCUT2D eigenvalue weighted by molar-refractivity contribution is -0.143. The molecule has 0 radical (unpaired) electrons. The van der Waals surface area contributed by atoms with Gasteiger partial charge in [-0.2, -0.15) is 0 Å². The molecule has 0 aromatic carbocycles. The van der Waals surface area contributed by atoms with Crippen molar-refractivity contribution in [3.8, 4) is 0 Å². The van der Waals surface area contributed by atoms with E-state index < -0.39 is 0 Å². The van der Waals surface area contributed by atoms with E-state index in [4.69, 9.17) is 4.74 Å². The molecular weight excluding hydrogens is 218 g/mol. The molecule has 0 aromatic heterocycles. The molecule has 1 aliphatic carbocycles. The molecule has 1 fully saturated rings. The summed E-state index contributed by atoms with van der Waals surface area (Å²) in [5.74, 6) is 0.162. The molecule has 0 aliphatic heterocycles. The summed E-state index contributed by atoms with van der Waals surface area (Å²) in [4.78, 5) is 22.4. The maximum Gasteiger partial charge on any atom is 0.302 e. The Morgan fingerprint density at radius 2 is 2.00 bits per heavy atom. The summed E-state index contributed by atoms with van der Waals surface area (Å²) in [5, 5.41) is 3.06. The van der Waals surface area contributed by atoms with Crippen LogP contribution in [0.2, 0.25) is 0 Å². The van der Waals surface area contributed by atoms with Gasteiger partial charge < -0.3 is 10.1 Å². The van der Waals surface area contributed by atoms with Gasteiger partial charge in [0.1, 0.15) is 0 Å². The van der Waals surface area contributed by atoms with Crippen LogP contribution >= 0.6 is 0 Å². The van der Waals surface area contributed by atoms with Gasteiger partial charge in [-0.25, -0.2) is 0 Å². The van der Waals surface area contributed by atoms with Gasteiger partial charge in [-0.05, 0) is 19.3 Å². The average Bonchev–Trinajstić information content (AvgIpc) is 2.28. The number of carbonyl (C=O) groups is 2. The molecule has 4 nitrogen and oxygen atoms in total. The summed E-state index contributed by atoms with van der Waals surface area (Å²) in [6.45, 7) is 3.86. The topological polar surface area (TPSA) is 55.4 Å². The SMILES string of the molecule is CCCC(=O)N[C@@H]1CCCC[C@@H]1COC(C)=O. The van der Waals surface area contributed by atoms with E-state index in [2.05, 4.69) is 5.32 Å². The molecule has 17 heavy (non-hydrogen) atoms. The van der Waals surface area contributed by atoms with E-state index in [-0.39, 0.29) is 23.8 Å². The van der Waals surface area contributed by atoms with Crippen LogP contribution in [0, 0.1) is 5.92 Å². The van der Waals surface area contributed by atoms with E-state index in [1.54, 1.807) is 0 Å². The van der Waals surface area contributed by atoms with Crippen LogP contribution < -0.4 is 5.32 Å². The Hall–Kier alpha value is -1.06. The number of hydrogen-bond donors (Lipinski definition) is 1. The molecule has 0 bridgehead atoms. The molecule has 2 atom stereocenters. The molecule has 1 aliphatic rings. The predicted octanol–water partition coefficient (Wildman–Crippen LogP) is 2.02. The second kappa shape index (κ2) is 7.30. The Labute approximate surface area is 103 Å². The molecule has 1 N–H and O–H groups in total. The Morgan fingerprint density at radius 1 is 1.29 bits per heavy atom. The van der Waals surface area contributed by atoms with Gasteiger partial charge in [0.15, 0.2) is 0 Å². The minimum absolute atomic E-state index is 0.118. The lowest BCUT2D eigenvalue weighted by Gasteiger charge is -2.31. The van der Waals surface area contributed by atoms with Crippen LogP contribution in [0.3, 0.4) is 0 Å². The van der Waals surface area contributed by atoms with Crippen molar-refractivity contribution in [1.82, 2.24) is 5.32 Å². The molecular formula is C13H23NO3. The Balaban J connectivity index is 2.41. The molecule has 1 amide bonds. The van der Waals surface area contributed by atoms with Gasteiger partial charge in [0.05, 0.1) is 6.61 Å². The maximum absolute atomic E-state index is 11.6. The summed E-state index contributed by atoms with van der Waals surface area (Å²) in [6, 6.07) is 0.183. The van der Waals surface area contributed by atoms with Crippen molar-refractivity contribution in [3.63, 3.8) is 0 Å². The standard InChI is InChI=1S/C13H23NO3/c1-3-6-13(16)14-12-8-5-4-7-11(12)9-17-10(2)15/h11-12H,3-9H2,1-2H3,(H,14,16)/t11-,12-/m1/s1. The number of esters is 1. The second-order valence-electron chi connectivity index (χ2n) is 4.77. The molecule has 1 rings (SSSR count). The molecule has 0 unspecified atom stereocenters. The fraction of sp³-hybridized carbons (Fsp3) is 0.846. The van der Waals surface area contributed by atoms with Gasteiger partial charge in [0, 0.05) is 25.3 Å². The first-order valence-electron chi connectivity index (χ1n) is 6.56. The van der Waals surface area contributed by atoms with Crippen LogP contribution in [0.1, 0.15) is 52.4 Å². The highest BCUT2D eigenvalue weighted by molar-refractivity contribution is 5.76. The molecule has 1 saturated carbocycles. The van der Waals surface area contributed by atoms with E-state index in [1.807, 2.05) is 6.92 Å². The fourth-order valence-corrected chi connectivity index (χ4v) is 2.33. The summed E-state index contributed by atoms with van der Waals surface area (Å²) in [6.07, 6.45) is 5.79. The normalized spacial score (nSPS) is 24.1. The third-order valence-corrected chi connectivity index (χ3v) is 3.23. The van der Waals surface area contributed by atoms with Crippen molar-refractivity contribution >= 4 is 11.9 Å². The minimum Gasteiger partial charge on any atom is -0.465 e. The number of ether oxygens (including phenoxy) is 1. The predicted molar refractivity (Wildman–Crippen MR) is 65.4 cm³/mol. The van der Waals surface area contributed by atoms with Crippen LogP contribution in [0.4, 0.5) is 0 Å². The minimum atomic E-state index is -0.241. The van der Waals surface area contributed by atoms with Gasteiger partial charge in [-0.3, -0.25) is 9.59 Å². The van der Waals surface area contributed by atoms with E-state index in [0.29, 0.717) is 13.0 Å². The quantitative estimate of drug-likeness (QED) is 0.749. The smallest absolute Gasteiger partial charge is 0.302 e. The number of carbonyl (C=O) groups excluding carboxylic acids is 2. The molecule has 0 heterocycles. The molecule has 4 heteroatoms. The Bertz CT molecular complexity index is 265. The van der Waals surface area contributed by atoms with Gasteiger partial charge in [0.2, 0.25) is 5.91 Å². The Morgan fingerprint density at radius 3 is 2.65 bits per heavy atom. The largest absolute Gasteiger partial charge is 0.465 e. The summed E-state index contributed by atoms with van der Waals surface area (Å²) in [5.41, 5.74) is 0. The summed E-state index contributed by atoms with van der Waals surface area (Å²) >= 11 is 0. The first-order chi connectivity index (χ1) is 8.13. The first kappa shape index (κ1) is 14.0. The van der Waals surface area contributed by atoms with Crippen molar-refractivity contribution in [1.29, 1.82) is 0 Å². The van der Waals surface area contributed by atoms with Crippen LogP contribution in [-0.2, 0) is 14.3 Å². The number of nitrogens with one attached hydrogen (secondary N) is 1. The van der Waals surface area contributed by atoms with Gasteiger partial charge in [-0.15, -0.1) is 0 Å². The lowest BCUT2D eigenvalue weighted by atomic mass is 9.85. The molecule has 98 valence electrons. The molecule has 0 saturated heterocycles. The highest BCUT2D eigenvalue weighted by Gasteiger charge is 2.27. The van der Waals surface area contributed by atoms with Gasteiger partial charge in [0.25, 0.3) is 0 Å². The average molecular weight is 241 g/mol. The first-order valence-corrected chi connectivity index (χ1v) is 6.56. The highest BCUT2D eigenvalue weighted by atomic mass is 16.5. The van der Waals surface area contributed by atoms with Crippen LogP contribution in [0.15, 0.2) is 0 Å².